The average molecular weight is 372 g/mol. The number of aryl methyl sites for hydroxylation is 1. The Balaban J connectivity index is 1.56. The van der Waals surface area contributed by atoms with E-state index in [9.17, 15) is 4.79 Å². The molecule has 1 aromatic carbocycles. The number of carbonyl (C=O) groups is 1. The van der Waals surface area contributed by atoms with Gasteiger partial charge in [0.05, 0.1) is 5.69 Å². The second-order valence-corrected chi connectivity index (χ2v) is 7.04. The van der Waals surface area contributed by atoms with E-state index in [1.807, 2.05) is 65.7 Å². The summed E-state index contributed by atoms with van der Waals surface area (Å²) in [7, 11) is 0. The van der Waals surface area contributed by atoms with Crippen LogP contribution in [0.5, 0.6) is 0 Å². The van der Waals surface area contributed by atoms with Crippen molar-refractivity contribution in [3.8, 4) is 0 Å². The van der Waals surface area contributed by atoms with Crippen molar-refractivity contribution in [3.63, 3.8) is 0 Å². The van der Waals surface area contributed by atoms with Crippen molar-refractivity contribution < 1.29 is 4.79 Å². The maximum Gasteiger partial charge on any atom is 0.236 e. The lowest BCUT2D eigenvalue weighted by molar-refractivity contribution is -0.132. The van der Waals surface area contributed by atoms with Gasteiger partial charge in [-0.2, -0.15) is 0 Å². The first-order valence-corrected chi connectivity index (χ1v) is 9.65. The first-order chi connectivity index (χ1) is 13.7. The van der Waals surface area contributed by atoms with Crippen LogP contribution in [0.25, 0.3) is 0 Å². The predicted molar refractivity (Wildman–Crippen MR) is 110 cm³/mol. The van der Waals surface area contributed by atoms with Gasteiger partial charge in [-0.05, 0) is 42.3 Å². The molecule has 1 unspecified atom stereocenters. The predicted octanol–water partition coefficient (Wildman–Crippen LogP) is 3.27. The highest BCUT2D eigenvalue weighted by Gasteiger charge is 2.31. The molecule has 1 aliphatic heterocycles. The monoisotopic (exact) mass is 372 g/mol. The lowest BCUT2D eigenvalue weighted by Crippen LogP contribution is -2.50. The minimum Gasteiger partial charge on any atom is -0.353 e. The Morgan fingerprint density at radius 3 is 2.18 bits per heavy atom. The Labute approximate surface area is 165 Å². The fraction of sp³-hybridized carbons (Fsp3) is 0.261. The summed E-state index contributed by atoms with van der Waals surface area (Å²) < 4.78 is 0. The molecule has 5 heteroatoms. The number of amides is 1. The second-order valence-electron chi connectivity index (χ2n) is 7.04. The topological polar surface area (TPSA) is 49.3 Å². The summed E-state index contributed by atoms with van der Waals surface area (Å²) in [5, 5.41) is 0. The van der Waals surface area contributed by atoms with Gasteiger partial charge in [0.1, 0.15) is 11.7 Å². The Hall–Kier alpha value is -3.21. The number of hydrogen-bond acceptors (Lipinski definition) is 4. The van der Waals surface area contributed by atoms with Gasteiger partial charge in [-0.1, -0.05) is 36.4 Å². The fourth-order valence-corrected chi connectivity index (χ4v) is 3.76. The molecule has 0 N–H and O–H groups in total. The minimum absolute atomic E-state index is 0.119. The van der Waals surface area contributed by atoms with Crippen LogP contribution in [-0.4, -0.2) is 47.0 Å². The zero-order valence-electron chi connectivity index (χ0n) is 16.0. The van der Waals surface area contributed by atoms with Crippen molar-refractivity contribution in [3.05, 3.63) is 89.9 Å². The van der Waals surface area contributed by atoms with E-state index in [0.717, 1.165) is 35.7 Å². The van der Waals surface area contributed by atoms with E-state index in [-0.39, 0.29) is 11.8 Å². The lowest BCUT2D eigenvalue weighted by atomic mass is 9.90. The van der Waals surface area contributed by atoms with Gasteiger partial charge in [-0.3, -0.25) is 9.78 Å². The lowest BCUT2D eigenvalue weighted by Gasteiger charge is -2.37. The Morgan fingerprint density at radius 2 is 1.54 bits per heavy atom. The molecular formula is C23H24N4O. The van der Waals surface area contributed by atoms with Crippen molar-refractivity contribution in [2.45, 2.75) is 12.8 Å². The number of aromatic nitrogens is 2. The van der Waals surface area contributed by atoms with E-state index >= 15 is 0 Å². The third-order valence-corrected chi connectivity index (χ3v) is 5.29. The van der Waals surface area contributed by atoms with Crippen LogP contribution in [0.1, 0.15) is 22.7 Å². The molecule has 2 aromatic heterocycles. The van der Waals surface area contributed by atoms with Gasteiger partial charge < -0.3 is 9.80 Å². The van der Waals surface area contributed by atoms with E-state index in [2.05, 4.69) is 27.9 Å². The van der Waals surface area contributed by atoms with E-state index in [4.69, 9.17) is 0 Å². The third-order valence-electron chi connectivity index (χ3n) is 5.29. The number of rotatable bonds is 4. The molecule has 0 spiro atoms. The molecule has 0 radical (unpaired) electrons. The first-order valence-electron chi connectivity index (χ1n) is 9.65. The maximum atomic E-state index is 13.5. The van der Waals surface area contributed by atoms with E-state index in [1.54, 1.807) is 6.20 Å². The van der Waals surface area contributed by atoms with Gasteiger partial charge in [-0.25, -0.2) is 4.98 Å². The number of piperazine rings is 1. The Morgan fingerprint density at radius 1 is 0.857 bits per heavy atom. The molecule has 1 atom stereocenters. The largest absolute Gasteiger partial charge is 0.353 e. The summed E-state index contributed by atoms with van der Waals surface area (Å²) in [6, 6.07) is 19.8. The van der Waals surface area contributed by atoms with E-state index < -0.39 is 0 Å². The smallest absolute Gasteiger partial charge is 0.236 e. The number of hydrogen-bond donors (Lipinski definition) is 0. The number of benzene rings is 1. The number of nitrogens with zero attached hydrogens (tertiary/aromatic N) is 4. The van der Waals surface area contributed by atoms with Gasteiger partial charge >= 0.3 is 0 Å². The molecule has 4 rings (SSSR count). The van der Waals surface area contributed by atoms with Gasteiger partial charge in [-0.15, -0.1) is 0 Å². The van der Waals surface area contributed by atoms with E-state index in [1.165, 1.54) is 0 Å². The highest BCUT2D eigenvalue weighted by Crippen LogP contribution is 2.28. The maximum absolute atomic E-state index is 13.5. The first kappa shape index (κ1) is 18.2. The molecule has 1 saturated heterocycles. The highest BCUT2D eigenvalue weighted by molar-refractivity contribution is 5.87. The summed E-state index contributed by atoms with van der Waals surface area (Å²) in [5.74, 6) is 0.715. The zero-order valence-corrected chi connectivity index (χ0v) is 16.0. The molecule has 0 aliphatic carbocycles. The quantitative estimate of drug-likeness (QED) is 0.705. The van der Waals surface area contributed by atoms with Crippen molar-refractivity contribution in [2.24, 2.45) is 0 Å². The van der Waals surface area contributed by atoms with Crippen LogP contribution in [0.15, 0.2) is 73.1 Å². The van der Waals surface area contributed by atoms with Crippen LogP contribution in [0.2, 0.25) is 0 Å². The van der Waals surface area contributed by atoms with Crippen LogP contribution in [0, 0.1) is 6.92 Å². The summed E-state index contributed by atoms with van der Waals surface area (Å²) in [6.45, 7) is 4.99. The second kappa shape index (κ2) is 8.21. The van der Waals surface area contributed by atoms with Crippen LogP contribution < -0.4 is 4.90 Å². The summed E-state index contributed by atoms with van der Waals surface area (Å²) in [6.07, 6.45) is 3.56. The summed E-state index contributed by atoms with van der Waals surface area (Å²) in [5.41, 5.74) is 2.94. The summed E-state index contributed by atoms with van der Waals surface area (Å²) >= 11 is 0. The van der Waals surface area contributed by atoms with Crippen LogP contribution in [0.3, 0.4) is 0 Å². The molecule has 1 fully saturated rings. The molecule has 1 aliphatic rings. The molecular weight excluding hydrogens is 348 g/mol. The molecule has 28 heavy (non-hydrogen) atoms. The number of carbonyl (C=O) groups excluding carboxylic acids is 1. The number of pyridine rings is 2. The summed E-state index contributed by atoms with van der Waals surface area (Å²) in [4.78, 5) is 26.7. The molecule has 142 valence electrons. The van der Waals surface area contributed by atoms with Crippen molar-refractivity contribution in [2.75, 3.05) is 31.1 Å². The van der Waals surface area contributed by atoms with Gasteiger partial charge in [0.15, 0.2) is 0 Å². The highest BCUT2D eigenvalue weighted by atomic mass is 16.2. The average Bonchev–Trinajstić information content (AvgIpc) is 2.77. The standard InChI is InChI=1S/C23H24N4O/c1-18-8-2-3-9-19(18)22(20-10-4-6-12-24-20)23(28)27-16-14-26(15-17-27)21-11-5-7-13-25-21/h2-13,22H,14-17H2,1H3. The van der Waals surface area contributed by atoms with Gasteiger partial charge in [0, 0.05) is 38.6 Å². The number of anilines is 1. The minimum atomic E-state index is -0.371. The molecule has 0 saturated carbocycles. The van der Waals surface area contributed by atoms with Crippen LogP contribution in [0.4, 0.5) is 5.82 Å². The van der Waals surface area contributed by atoms with Crippen molar-refractivity contribution >= 4 is 11.7 Å². The van der Waals surface area contributed by atoms with Crippen molar-refractivity contribution in [1.29, 1.82) is 0 Å². The molecule has 3 heterocycles. The van der Waals surface area contributed by atoms with Crippen LogP contribution >= 0.6 is 0 Å². The molecule has 3 aromatic rings. The van der Waals surface area contributed by atoms with Gasteiger partial charge in [0.25, 0.3) is 0 Å². The Kier molecular flexibility index (Phi) is 5.33. The molecule has 1 amide bonds. The van der Waals surface area contributed by atoms with Crippen molar-refractivity contribution in [1.82, 2.24) is 14.9 Å². The normalized spacial score (nSPS) is 15.3. The molecule has 5 nitrogen and oxygen atoms in total. The fourth-order valence-electron chi connectivity index (χ4n) is 3.76. The van der Waals surface area contributed by atoms with Crippen LogP contribution in [-0.2, 0) is 4.79 Å². The third kappa shape index (κ3) is 3.74. The van der Waals surface area contributed by atoms with E-state index in [0.29, 0.717) is 13.1 Å². The molecule has 0 bridgehead atoms. The SMILES string of the molecule is Cc1ccccc1C(C(=O)N1CCN(c2ccccn2)CC1)c1ccccn1. The van der Waals surface area contributed by atoms with Gasteiger partial charge in [0.2, 0.25) is 5.91 Å². The zero-order chi connectivity index (χ0) is 19.3. The Bertz CT molecular complexity index is 922.